The van der Waals surface area contributed by atoms with E-state index in [1.807, 2.05) is 32.4 Å². The van der Waals surface area contributed by atoms with Crippen molar-refractivity contribution in [2.75, 3.05) is 26.8 Å². The zero-order chi connectivity index (χ0) is 11.3. The van der Waals surface area contributed by atoms with Crippen LogP contribution in [0.1, 0.15) is 12.5 Å². The van der Waals surface area contributed by atoms with Crippen molar-refractivity contribution < 1.29 is 10.2 Å². The van der Waals surface area contributed by atoms with E-state index < -0.39 is 5.41 Å². The number of aliphatic hydroxyl groups excluding tert-OH is 2. The lowest BCUT2D eigenvalue weighted by Crippen LogP contribution is -2.38. The van der Waals surface area contributed by atoms with Crippen molar-refractivity contribution in [1.29, 1.82) is 0 Å². The Morgan fingerprint density at radius 3 is 2.53 bits per heavy atom. The van der Waals surface area contributed by atoms with Crippen LogP contribution >= 0.6 is 0 Å². The Hall–Kier alpha value is -0.840. The summed E-state index contributed by atoms with van der Waals surface area (Å²) in [6.07, 6.45) is 3.84. The van der Waals surface area contributed by atoms with Crippen LogP contribution in [0.4, 0.5) is 0 Å². The number of hydrogen-bond acceptors (Lipinski definition) is 3. The van der Waals surface area contributed by atoms with Gasteiger partial charge in [-0.3, -0.25) is 0 Å². The zero-order valence-corrected chi connectivity index (χ0v) is 9.40. The third-order valence-electron chi connectivity index (χ3n) is 2.53. The van der Waals surface area contributed by atoms with E-state index in [0.717, 1.165) is 6.54 Å². The minimum absolute atomic E-state index is 0.000969. The number of aliphatic hydroxyl groups is 2. The largest absolute Gasteiger partial charge is 0.396 e. The average molecular weight is 212 g/mol. The third kappa shape index (κ3) is 3.66. The van der Waals surface area contributed by atoms with Gasteiger partial charge < -0.3 is 20.1 Å². The molecule has 0 saturated carbocycles. The topological polar surface area (TPSA) is 59.5 Å². The smallest absolute Gasteiger partial charge is 0.0519 e. The summed E-state index contributed by atoms with van der Waals surface area (Å²) in [4.78, 5) is 5.09. The molecule has 0 unspecified atom stereocenters. The predicted octanol–water partition coefficient (Wildman–Crippen LogP) is 0.437. The van der Waals surface area contributed by atoms with Gasteiger partial charge in [0.25, 0.3) is 0 Å². The third-order valence-corrected chi connectivity index (χ3v) is 2.53. The lowest BCUT2D eigenvalue weighted by atomic mass is 9.92. The lowest BCUT2D eigenvalue weighted by molar-refractivity contribution is 0.0402. The second kappa shape index (κ2) is 5.30. The van der Waals surface area contributed by atoms with E-state index in [1.165, 1.54) is 5.56 Å². The molecule has 0 radical (unpaired) electrons. The van der Waals surface area contributed by atoms with E-state index >= 15 is 0 Å². The van der Waals surface area contributed by atoms with Gasteiger partial charge in [-0.25, -0.2) is 0 Å². The lowest BCUT2D eigenvalue weighted by Gasteiger charge is -2.30. The highest BCUT2D eigenvalue weighted by molar-refractivity contribution is 5.07. The standard InChI is InChI=1S/C11H20N2O2/c1-11(8-14,9-15)7-13(2)6-10-3-4-12-5-10/h3-5,12,14-15H,6-9H2,1-2H3. The average Bonchev–Trinajstić information content (AvgIpc) is 2.70. The SMILES string of the molecule is CN(Cc1cc[nH]c1)CC(C)(CO)CO. The van der Waals surface area contributed by atoms with Crippen LogP contribution in [0.3, 0.4) is 0 Å². The summed E-state index contributed by atoms with van der Waals surface area (Å²) in [7, 11) is 1.98. The van der Waals surface area contributed by atoms with Crippen LogP contribution in [0.25, 0.3) is 0 Å². The van der Waals surface area contributed by atoms with Gasteiger partial charge in [-0.05, 0) is 18.7 Å². The molecule has 0 aliphatic heterocycles. The summed E-state index contributed by atoms with van der Waals surface area (Å²) in [6, 6.07) is 2.02. The maximum Gasteiger partial charge on any atom is 0.0519 e. The molecule has 4 nitrogen and oxygen atoms in total. The monoisotopic (exact) mass is 212 g/mol. The minimum atomic E-state index is -0.426. The molecule has 3 N–H and O–H groups in total. The van der Waals surface area contributed by atoms with Crippen LogP contribution in [0.2, 0.25) is 0 Å². The second-order valence-corrected chi connectivity index (χ2v) is 4.52. The number of aromatic nitrogens is 1. The second-order valence-electron chi connectivity index (χ2n) is 4.52. The van der Waals surface area contributed by atoms with Gasteiger partial charge in [-0.15, -0.1) is 0 Å². The van der Waals surface area contributed by atoms with Gasteiger partial charge in [-0.2, -0.15) is 0 Å². The highest BCUT2D eigenvalue weighted by Gasteiger charge is 2.24. The quantitative estimate of drug-likeness (QED) is 0.641. The van der Waals surface area contributed by atoms with Gasteiger partial charge in [0.1, 0.15) is 0 Å². The fourth-order valence-electron chi connectivity index (χ4n) is 1.63. The molecule has 86 valence electrons. The summed E-state index contributed by atoms with van der Waals surface area (Å²) in [5, 5.41) is 18.3. The van der Waals surface area contributed by atoms with E-state index in [9.17, 15) is 0 Å². The van der Waals surface area contributed by atoms with Gasteiger partial charge in [0.2, 0.25) is 0 Å². The van der Waals surface area contributed by atoms with E-state index in [0.29, 0.717) is 6.54 Å². The number of hydrogen-bond donors (Lipinski definition) is 3. The summed E-state index contributed by atoms with van der Waals surface area (Å²) in [6.45, 7) is 3.37. The van der Waals surface area contributed by atoms with Crippen LogP contribution < -0.4 is 0 Å². The molecule has 0 fully saturated rings. The molecule has 0 saturated heterocycles. The molecule has 1 aromatic heterocycles. The number of nitrogens with one attached hydrogen (secondary N) is 1. The van der Waals surface area contributed by atoms with Gasteiger partial charge in [0.05, 0.1) is 13.2 Å². The molecule has 0 amide bonds. The van der Waals surface area contributed by atoms with Gasteiger partial charge in [0, 0.05) is 30.9 Å². The summed E-state index contributed by atoms with van der Waals surface area (Å²) in [5.41, 5.74) is 0.779. The maximum atomic E-state index is 9.17. The van der Waals surface area contributed by atoms with Crippen molar-refractivity contribution >= 4 is 0 Å². The molecule has 0 spiro atoms. The zero-order valence-electron chi connectivity index (χ0n) is 9.40. The van der Waals surface area contributed by atoms with E-state index in [4.69, 9.17) is 10.2 Å². The van der Waals surface area contributed by atoms with Gasteiger partial charge in [-0.1, -0.05) is 6.92 Å². The van der Waals surface area contributed by atoms with Crippen molar-refractivity contribution in [3.63, 3.8) is 0 Å². The highest BCUT2D eigenvalue weighted by atomic mass is 16.3. The fraction of sp³-hybridized carbons (Fsp3) is 0.636. The van der Waals surface area contributed by atoms with Crippen LogP contribution in [-0.4, -0.2) is 46.9 Å². The first-order chi connectivity index (χ1) is 7.09. The van der Waals surface area contributed by atoms with E-state index in [-0.39, 0.29) is 13.2 Å². The number of aromatic amines is 1. The van der Waals surface area contributed by atoms with Crippen LogP contribution in [0.15, 0.2) is 18.5 Å². The minimum Gasteiger partial charge on any atom is -0.396 e. The van der Waals surface area contributed by atoms with Crippen LogP contribution in [0, 0.1) is 5.41 Å². The molecule has 0 aliphatic carbocycles. The molecular formula is C11H20N2O2. The predicted molar refractivity (Wildman–Crippen MR) is 59.4 cm³/mol. The Kier molecular flexibility index (Phi) is 4.32. The van der Waals surface area contributed by atoms with E-state index in [1.54, 1.807) is 0 Å². The van der Waals surface area contributed by atoms with Gasteiger partial charge in [0.15, 0.2) is 0 Å². The summed E-state index contributed by atoms with van der Waals surface area (Å²) < 4.78 is 0. The Morgan fingerprint density at radius 1 is 1.40 bits per heavy atom. The fourth-order valence-corrected chi connectivity index (χ4v) is 1.63. The Bertz CT molecular complexity index is 268. The number of nitrogens with zero attached hydrogens (tertiary/aromatic N) is 1. The van der Waals surface area contributed by atoms with Crippen LogP contribution in [-0.2, 0) is 6.54 Å². The normalized spacial score (nSPS) is 12.3. The molecular weight excluding hydrogens is 192 g/mol. The number of rotatable bonds is 6. The van der Waals surface area contributed by atoms with Crippen molar-refractivity contribution in [2.45, 2.75) is 13.5 Å². The summed E-state index contributed by atoms with van der Waals surface area (Å²) >= 11 is 0. The summed E-state index contributed by atoms with van der Waals surface area (Å²) in [5.74, 6) is 0. The Morgan fingerprint density at radius 2 is 2.07 bits per heavy atom. The molecule has 15 heavy (non-hydrogen) atoms. The number of H-pyrrole nitrogens is 1. The van der Waals surface area contributed by atoms with Gasteiger partial charge >= 0.3 is 0 Å². The van der Waals surface area contributed by atoms with Crippen LogP contribution in [0.5, 0.6) is 0 Å². The Balaban J connectivity index is 2.44. The molecule has 1 heterocycles. The molecule has 0 aromatic carbocycles. The van der Waals surface area contributed by atoms with Crippen molar-refractivity contribution in [2.24, 2.45) is 5.41 Å². The highest BCUT2D eigenvalue weighted by Crippen LogP contribution is 2.16. The van der Waals surface area contributed by atoms with E-state index in [2.05, 4.69) is 9.88 Å². The molecule has 0 bridgehead atoms. The van der Waals surface area contributed by atoms with Crippen molar-refractivity contribution in [1.82, 2.24) is 9.88 Å². The Labute approximate surface area is 90.5 Å². The first kappa shape index (κ1) is 12.2. The maximum absolute atomic E-state index is 9.17. The molecule has 4 heteroatoms. The molecule has 0 atom stereocenters. The first-order valence-corrected chi connectivity index (χ1v) is 5.11. The molecule has 0 aliphatic rings. The first-order valence-electron chi connectivity index (χ1n) is 5.11. The molecule has 1 aromatic rings. The van der Waals surface area contributed by atoms with Crippen molar-refractivity contribution in [3.8, 4) is 0 Å². The van der Waals surface area contributed by atoms with Crippen molar-refractivity contribution in [3.05, 3.63) is 24.0 Å². The molecule has 1 rings (SSSR count).